The van der Waals surface area contributed by atoms with Crippen molar-refractivity contribution in [2.45, 2.75) is 80.7 Å². The highest BCUT2D eigenvalue weighted by Crippen LogP contribution is 2.56. The molecule has 0 unspecified atom stereocenters. The van der Waals surface area contributed by atoms with Crippen molar-refractivity contribution in [2.24, 2.45) is 23.7 Å². The number of anilines is 1. The molecule has 0 amide bonds. The van der Waals surface area contributed by atoms with Gasteiger partial charge in [-0.2, -0.15) is 0 Å². The lowest BCUT2D eigenvalue weighted by Crippen LogP contribution is -2.60. The van der Waals surface area contributed by atoms with E-state index >= 15 is 0 Å². The Kier molecular flexibility index (Phi) is 10.5. The number of aldehydes is 1. The molecule has 6 aliphatic heterocycles. The van der Waals surface area contributed by atoms with Crippen LogP contribution in [0.5, 0.6) is 0 Å². The van der Waals surface area contributed by atoms with Crippen molar-refractivity contribution in [3.05, 3.63) is 77.9 Å². The maximum Gasteiger partial charge on any atom is 0.337 e. The molecule has 16 nitrogen and oxygen atoms in total. The Morgan fingerprint density at radius 2 is 1.70 bits per heavy atom. The van der Waals surface area contributed by atoms with E-state index in [4.69, 9.17) is 28.4 Å². The zero-order chi connectivity index (χ0) is 38.6. The van der Waals surface area contributed by atoms with E-state index in [-0.39, 0.29) is 17.6 Å². The van der Waals surface area contributed by atoms with E-state index < -0.39 is 103 Å². The van der Waals surface area contributed by atoms with Crippen LogP contribution in [0.1, 0.15) is 25.3 Å². The lowest BCUT2D eigenvalue weighted by molar-refractivity contribution is -0.339. The molecule has 5 N–H and O–H groups in total. The van der Waals surface area contributed by atoms with Crippen LogP contribution in [0.25, 0.3) is 0 Å². The molecule has 7 rings (SSSR count). The first-order valence-electron chi connectivity index (χ1n) is 17.9. The Hall–Kier alpha value is -4.13. The third-order valence-corrected chi connectivity index (χ3v) is 11.9. The summed E-state index contributed by atoms with van der Waals surface area (Å²) in [6.07, 6.45) is -3.14. The third kappa shape index (κ3) is 5.96. The molecule has 2 saturated heterocycles. The number of nitrogens with zero attached hydrogens (tertiary/aromatic N) is 2. The minimum absolute atomic E-state index is 0.123. The number of ether oxygens (including phenoxy) is 6. The van der Waals surface area contributed by atoms with Gasteiger partial charge in [-0.25, -0.2) is 9.59 Å². The highest BCUT2D eigenvalue weighted by molar-refractivity contribution is 5.91. The molecular formula is C38H46N2O14. The van der Waals surface area contributed by atoms with E-state index in [1.807, 2.05) is 35.4 Å². The van der Waals surface area contributed by atoms with Crippen LogP contribution in [0.4, 0.5) is 5.69 Å². The Morgan fingerprint density at radius 1 is 1.00 bits per heavy atom. The number of hydrogen-bond acceptors (Lipinski definition) is 16. The number of benzene rings is 1. The fraction of sp³-hybridized carbons (Fsp3) is 0.553. The van der Waals surface area contributed by atoms with Gasteiger partial charge in [0.05, 0.1) is 50.4 Å². The molecule has 0 saturated carbocycles. The number of carbonyl (C=O) groups excluding carboxylic acids is 3. The van der Waals surface area contributed by atoms with Crippen LogP contribution in [0.2, 0.25) is 0 Å². The lowest BCUT2D eigenvalue weighted by Gasteiger charge is -2.49. The molecule has 0 aromatic heterocycles. The Balaban J connectivity index is 1.33. The molecule has 2 fully saturated rings. The van der Waals surface area contributed by atoms with Gasteiger partial charge >= 0.3 is 11.9 Å². The predicted octanol–water partition coefficient (Wildman–Crippen LogP) is -0.0628. The summed E-state index contributed by atoms with van der Waals surface area (Å²) >= 11 is 0. The summed E-state index contributed by atoms with van der Waals surface area (Å²) in [7, 11) is 2.47. The van der Waals surface area contributed by atoms with Gasteiger partial charge in [-0.1, -0.05) is 24.3 Å². The second-order valence-electron chi connectivity index (χ2n) is 14.5. The minimum atomic E-state index is -1.73. The first-order valence-corrected chi connectivity index (χ1v) is 17.9. The number of hydrogen-bond donors (Lipinski definition) is 5. The quantitative estimate of drug-likeness (QED) is 0.120. The Morgan fingerprint density at radius 3 is 2.39 bits per heavy atom. The third-order valence-electron chi connectivity index (χ3n) is 11.9. The van der Waals surface area contributed by atoms with Gasteiger partial charge in [-0.05, 0) is 31.4 Å². The number of rotatable bonds is 10. The molecule has 0 bridgehead atoms. The topological polar surface area (TPSA) is 214 Å². The predicted molar refractivity (Wildman–Crippen MR) is 185 cm³/mol. The second-order valence-corrected chi connectivity index (χ2v) is 14.5. The fourth-order valence-corrected chi connectivity index (χ4v) is 9.12. The number of aliphatic hydroxyl groups is 5. The van der Waals surface area contributed by atoms with E-state index in [2.05, 4.69) is 11.5 Å². The van der Waals surface area contributed by atoms with Gasteiger partial charge < -0.3 is 63.6 Å². The summed E-state index contributed by atoms with van der Waals surface area (Å²) in [4.78, 5) is 43.8. The summed E-state index contributed by atoms with van der Waals surface area (Å²) in [5.41, 5.74) is 1.13. The Bertz CT molecular complexity index is 1750. The monoisotopic (exact) mass is 754 g/mol. The highest BCUT2D eigenvalue weighted by atomic mass is 16.8. The molecule has 54 heavy (non-hydrogen) atoms. The van der Waals surface area contributed by atoms with Crippen molar-refractivity contribution in [3.8, 4) is 0 Å². The molecule has 0 radical (unpaired) electrons. The standard InChI is InChI=1S/C38H46N2O14/c1-5-19-20(23(33(46)49-3)16-52-35(19)54-36-32(45)31(44)30(43)28(15-42)53-36)12-27-21(29-22(14-41)18(2)51-17-24(29)34(47)50-4)13-40-26-9-7-6-8-25(26)38(48)10-11-39(27)37(38)40/h5-9,13-14,16-20,22,27-32,35-37,42-45,48H,1,10-12,15H2,2-4H3/t18-,19-,20+,22-,27+,28-,29+,30-,31+,32-,35+,36+,37-,38-/m1/s1. The van der Waals surface area contributed by atoms with Crippen LogP contribution >= 0.6 is 0 Å². The normalized spacial score (nSPS) is 39.8. The first-order chi connectivity index (χ1) is 25.9. The molecule has 6 aliphatic rings. The van der Waals surface area contributed by atoms with Gasteiger partial charge in [0.1, 0.15) is 48.6 Å². The van der Waals surface area contributed by atoms with Crippen molar-refractivity contribution in [3.63, 3.8) is 0 Å². The zero-order valence-electron chi connectivity index (χ0n) is 30.0. The van der Waals surface area contributed by atoms with Crippen LogP contribution in [0.3, 0.4) is 0 Å². The van der Waals surface area contributed by atoms with E-state index in [1.165, 1.54) is 32.8 Å². The van der Waals surface area contributed by atoms with Crippen LogP contribution in [0.15, 0.2) is 72.4 Å². The van der Waals surface area contributed by atoms with Crippen LogP contribution in [-0.4, -0.2) is 131 Å². The molecule has 14 atom stereocenters. The smallest absolute Gasteiger partial charge is 0.337 e. The van der Waals surface area contributed by atoms with Gasteiger partial charge in [0, 0.05) is 47.8 Å². The van der Waals surface area contributed by atoms with Crippen LogP contribution in [-0.2, 0) is 48.4 Å². The van der Waals surface area contributed by atoms with E-state index in [0.717, 1.165) is 17.5 Å². The van der Waals surface area contributed by atoms with E-state index in [1.54, 1.807) is 6.92 Å². The summed E-state index contributed by atoms with van der Waals surface area (Å²) in [5.74, 6) is -4.67. The summed E-state index contributed by atoms with van der Waals surface area (Å²) < 4.78 is 33.7. The molecule has 1 aromatic carbocycles. The molecule has 1 aromatic rings. The van der Waals surface area contributed by atoms with Crippen molar-refractivity contribution >= 4 is 23.9 Å². The molecular weight excluding hydrogens is 708 g/mol. The van der Waals surface area contributed by atoms with Crippen molar-refractivity contribution in [1.29, 1.82) is 0 Å². The van der Waals surface area contributed by atoms with E-state index in [9.17, 15) is 39.9 Å². The highest BCUT2D eigenvalue weighted by Gasteiger charge is 2.61. The van der Waals surface area contributed by atoms with E-state index in [0.29, 0.717) is 18.5 Å². The number of aliphatic hydroxyl groups excluding tert-OH is 4. The van der Waals surface area contributed by atoms with Crippen molar-refractivity contribution in [2.75, 3.05) is 32.3 Å². The molecule has 0 aliphatic carbocycles. The Labute approximate surface area is 311 Å². The van der Waals surface area contributed by atoms with Gasteiger partial charge in [-0.3, -0.25) is 4.90 Å². The average Bonchev–Trinajstić information content (AvgIpc) is 3.67. The minimum Gasteiger partial charge on any atom is -0.497 e. The number of methoxy groups -OCH3 is 2. The first kappa shape index (κ1) is 38.2. The van der Waals surface area contributed by atoms with Gasteiger partial charge in [-0.15, -0.1) is 6.58 Å². The van der Waals surface area contributed by atoms with Crippen molar-refractivity contribution < 1.29 is 68.3 Å². The summed E-state index contributed by atoms with van der Waals surface area (Å²) in [5, 5.41) is 53.6. The summed E-state index contributed by atoms with van der Waals surface area (Å²) in [6.45, 7) is 5.48. The number of esters is 2. The maximum atomic E-state index is 13.4. The molecule has 292 valence electrons. The zero-order valence-corrected chi connectivity index (χ0v) is 30.0. The largest absolute Gasteiger partial charge is 0.497 e. The number of carbonyl (C=O) groups is 3. The molecule has 6 heterocycles. The van der Waals surface area contributed by atoms with Crippen molar-refractivity contribution in [1.82, 2.24) is 4.90 Å². The van der Waals surface area contributed by atoms with Crippen LogP contribution < -0.4 is 4.90 Å². The maximum absolute atomic E-state index is 13.4. The molecule has 0 spiro atoms. The van der Waals surface area contributed by atoms with Crippen LogP contribution in [0, 0.1) is 23.7 Å². The SMILES string of the molecule is C=C[C@H]1[C@H](O[C@@H]2O[C@H](CO)[C@@H](O)[C@H](O)[C@H]2O)OC=C(C(=O)OC)[C@H]1C[C@H]1C([C@@H]2C(C(=O)OC)=CO[C@H](C)[C@H]2C=O)=CN2c3ccccc3[C@]3(O)CCN1[C@H]23. The van der Waals surface area contributed by atoms with Gasteiger partial charge in [0.25, 0.3) is 0 Å². The average molecular weight is 755 g/mol. The lowest BCUT2D eigenvalue weighted by atomic mass is 9.70. The van der Waals surface area contributed by atoms with Gasteiger partial charge in [0.2, 0.25) is 6.29 Å². The number of para-hydroxylation sites is 1. The fourth-order valence-electron chi connectivity index (χ4n) is 9.12. The summed E-state index contributed by atoms with van der Waals surface area (Å²) in [6, 6.07) is 6.89. The second kappa shape index (κ2) is 14.8. The molecule has 16 heteroatoms. The number of fused-ring (bicyclic) bond motifs is 3. The van der Waals surface area contributed by atoms with Gasteiger partial charge in [0.15, 0.2) is 6.29 Å².